The average Bonchev–Trinajstić information content (AvgIpc) is 3.06. The number of rotatable bonds is 10. The van der Waals surface area contributed by atoms with E-state index in [0.29, 0.717) is 38.8 Å². The lowest BCUT2D eigenvalue weighted by Crippen LogP contribution is -2.44. The zero-order chi connectivity index (χ0) is 32.0. The number of benzene rings is 4. The van der Waals surface area contributed by atoms with Gasteiger partial charge in [-0.25, -0.2) is 4.79 Å². The highest BCUT2D eigenvalue weighted by Gasteiger charge is 2.43. The second-order valence-corrected chi connectivity index (χ2v) is 10.1. The molecule has 228 valence electrons. The minimum Gasteiger partial charge on any atom is -0.497 e. The van der Waals surface area contributed by atoms with Gasteiger partial charge in [-0.1, -0.05) is 91.0 Å². The van der Waals surface area contributed by atoms with E-state index in [9.17, 15) is 28.0 Å². The molecule has 0 aliphatic rings. The molecule has 0 saturated heterocycles. The van der Waals surface area contributed by atoms with Gasteiger partial charge in [-0.15, -0.1) is 0 Å². The molecule has 1 N–H and O–H groups in total. The van der Waals surface area contributed by atoms with E-state index < -0.39 is 29.9 Å². The van der Waals surface area contributed by atoms with Crippen molar-refractivity contribution >= 4 is 16.7 Å². The fourth-order valence-corrected chi connectivity index (χ4v) is 5.37. The van der Waals surface area contributed by atoms with Crippen LogP contribution in [0.3, 0.4) is 0 Å². The number of nitriles is 1. The van der Waals surface area contributed by atoms with Crippen LogP contribution in [-0.4, -0.2) is 36.6 Å². The van der Waals surface area contributed by atoms with E-state index in [1.165, 1.54) is 11.7 Å². The van der Waals surface area contributed by atoms with Gasteiger partial charge in [0.25, 0.3) is 5.56 Å². The van der Waals surface area contributed by atoms with Crippen molar-refractivity contribution in [1.29, 1.82) is 5.26 Å². The molecule has 0 amide bonds. The third-order valence-corrected chi connectivity index (χ3v) is 7.41. The quantitative estimate of drug-likeness (QED) is 0.145. The first-order valence-electron chi connectivity index (χ1n) is 14.0. The number of pyridine rings is 1. The van der Waals surface area contributed by atoms with Crippen molar-refractivity contribution in [3.8, 4) is 22.9 Å². The van der Waals surface area contributed by atoms with E-state index in [1.807, 2.05) is 30.3 Å². The Hall–Kier alpha value is -5.40. The second-order valence-electron chi connectivity index (χ2n) is 10.1. The fourth-order valence-electron chi connectivity index (χ4n) is 5.37. The summed E-state index contributed by atoms with van der Waals surface area (Å²) in [5, 5.41) is 14.1. The Labute approximate surface area is 257 Å². The molecule has 0 saturated carbocycles. The number of hydrogen-bond donors (Lipinski definition) is 1. The van der Waals surface area contributed by atoms with Crippen molar-refractivity contribution in [2.45, 2.75) is 24.9 Å². The van der Waals surface area contributed by atoms with Crippen LogP contribution < -0.4 is 15.6 Å². The number of methoxy groups -OCH3 is 1. The van der Waals surface area contributed by atoms with Gasteiger partial charge >= 0.3 is 12.1 Å². The highest BCUT2D eigenvalue weighted by Crippen LogP contribution is 2.33. The highest BCUT2D eigenvalue weighted by atomic mass is 19.4. The van der Waals surface area contributed by atoms with Crippen molar-refractivity contribution in [1.82, 2.24) is 9.88 Å². The number of fused-ring (bicyclic) bond motifs is 1. The largest absolute Gasteiger partial charge is 0.497 e. The van der Waals surface area contributed by atoms with Crippen molar-refractivity contribution in [3.63, 3.8) is 0 Å². The lowest BCUT2D eigenvalue weighted by Gasteiger charge is -2.29. The first-order chi connectivity index (χ1) is 21.7. The lowest BCUT2D eigenvalue weighted by atomic mass is 9.89. The summed E-state index contributed by atoms with van der Waals surface area (Å²) in [5.74, 6) is -2.67. The predicted molar refractivity (Wildman–Crippen MR) is 164 cm³/mol. The minimum absolute atomic E-state index is 0.0697. The summed E-state index contributed by atoms with van der Waals surface area (Å²) in [5.41, 5.74) is 2.03. The fraction of sp³-hybridized carbons (Fsp3) is 0.171. The molecule has 0 aliphatic heterocycles. The Morgan fingerprint density at radius 3 is 2.00 bits per heavy atom. The molecule has 0 fully saturated rings. The van der Waals surface area contributed by atoms with Gasteiger partial charge in [0.2, 0.25) is 0 Å². The molecule has 0 aliphatic carbocycles. The smallest absolute Gasteiger partial charge is 0.490 e. The van der Waals surface area contributed by atoms with Gasteiger partial charge in [0.15, 0.2) is 6.23 Å². The van der Waals surface area contributed by atoms with E-state index in [2.05, 4.69) is 11.4 Å². The SMILES string of the molecule is COc1ccc2c(=O)n(CCNC(OC(=O)C(F)(F)F)C(c3ccccc3)c3ccccc3)c(C#N)c(-c3ccccc3)c2c1. The van der Waals surface area contributed by atoms with Crippen LogP contribution in [0.2, 0.25) is 0 Å². The number of nitrogens with one attached hydrogen (secondary N) is 1. The average molecular weight is 612 g/mol. The van der Waals surface area contributed by atoms with Gasteiger partial charge < -0.3 is 9.47 Å². The van der Waals surface area contributed by atoms with Gasteiger partial charge in [-0.3, -0.25) is 14.7 Å². The van der Waals surface area contributed by atoms with Gasteiger partial charge in [0, 0.05) is 29.4 Å². The molecule has 5 rings (SSSR count). The van der Waals surface area contributed by atoms with Crippen LogP contribution in [0.1, 0.15) is 22.7 Å². The van der Waals surface area contributed by atoms with Crippen LogP contribution in [0.25, 0.3) is 21.9 Å². The molecule has 1 atom stereocenters. The second kappa shape index (κ2) is 13.5. The Bertz CT molecular complexity index is 1850. The third-order valence-electron chi connectivity index (χ3n) is 7.41. The van der Waals surface area contributed by atoms with Crippen LogP contribution in [0.15, 0.2) is 114 Å². The highest BCUT2D eigenvalue weighted by molar-refractivity contribution is 5.99. The lowest BCUT2D eigenvalue weighted by molar-refractivity contribution is -0.207. The van der Waals surface area contributed by atoms with Gasteiger partial charge in [0.05, 0.1) is 13.0 Å². The molecule has 1 unspecified atom stereocenters. The molecule has 5 aromatic rings. The maximum atomic E-state index is 13.8. The van der Waals surface area contributed by atoms with Crippen LogP contribution in [0.4, 0.5) is 13.2 Å². The maximum absolute atomic E-state index is 13.8. The molecule has 10 heteroatoms. The molecular weight excluding hydrogens is 583 g/mol. The molecule has 0 spiro atoms. The van der Waals surface area contributed by atoms with E-state index in [4.69, 9.17) is 9.47 Å². The van der Waals surface area contributed by atoms with E-state index in [-0.39, 0.29) is 18.8 Å². The summed E-state index contributed by atoms with van der Waals surface area (Å²) in [6, 6.07) is 33.6. The first-order valence-corrected chi connectivity index (χ1v) is 14.0. The molecule has 1 heterocycles. The normalized spacial score (nSPS) is 12.1. The summed E-state index contributed by atoms with van der Waals surface area (Å²) in [7, 11) is 1.50. The minimum atomic E-state index is -5.23. The Kier molecular flexibility index (Phi) is 9.31. The number of esters is 1. The predicted octanol–water partition coefficient (Wildman–Crippen LogP) is 6.40. The zero-order valence-corrected chi connectivity index (χ0v) is 24.1. The summed E-state index contributed by atoms with van der Waals surface area (Å²) in [4.78, 5) is 25.9. The number of alkyl halides is 3. The van der Waals surface area contributed by atoms with E-state index in [1.54, 1.807) is 78.9 Å². The van der Waals surface area contributed by atoms with Crippen molar-refractivity contribution < 1.29 is 27.4 Å². The number of carbonyl (C=O) groups is 1. The van der Waals surface area contributed by atoms with E-state index >= 15 is 0 Å². The Morgan fingerprint density at radius 2 is 1.47 bits per heavy atom. The van der Waals surface area contributed by atoms with Crippen LogP contribution in [-0.2, 0) is 16.1 Å². The number of aromatic nitrogens is 1. The molecule has 1 aromatic heterocycles. The molecular formula is C35H28F3N3O4. The summed E-state index contributed by atoms with van der Waals surface area (Å²) in [6.45, 7) is -0.226. The first kappa shape index (κ1) is 31.0. The number of nitrogens with zero attached hydrogens (tertiary/aromatic N) is 2. The van der Waals surface area contributed by atoms with Gasteiger partial charge in [-0.05, 0) is 34.9 Å². The monoisotopic (exact) mass is 611 g/mol. The van der Waals surface area contributed by atoms with Crippen molar-refractivity contribution in [2.75, 3.05) is 13.7 Å². The summed E-state index contributed by atoms with van der Waals surface area (Å²) >= 11 is 0. The maximum Gasteiger partial charge on any atom is 0.490 e. The summed E-state index contributed by atoms with van der Waals surface area (Å²) < 4.78 is 52.0. The molecule has 4 aromatic carbocycles. The van der Waals surface area contributed by atoms with Gasteiger partial charge in [-0.2, -0.15) is 18.4 Å². The van der Waals surface area contributed by atoms with Crippen molar-refractivity contribution in [3.05, 3.63) is 136 Å². The molecule has 0 radical (unpaired) electrons. The number of carbonyl (C=O) groups excluding carboxylic acids is 1. The number of hydrogen-bond acceptors (Lipinski definition) is 6. The topological polar surface area (TPSA) is 93.3 Å². The molecule has 0 bridgehead atoms. The van der Waals surface area contributed by atoms with Crippen LogP contribution in [0, 0.1) is 11.3 Å². The Balaban J connectivity index is 1.57. The van der Waals surface area contributed by atoms with Crippen LogP contribution >= 0.6 is 0 Å². The summed E-state index contributed by atoms with van der Waals surface area (Å²) in [6.07, 6.45) is -6.70. The van der Waals surface area contributed by atoms with E-state index in [0.717, 1.165) is 0 Å². The number of halogens is 3. The molecule has 7 nitrogen and oxygen atoms in total. The Morgan fingerprint density at radius 1 is 0.889 bits per heavy atom. The number of ether oxygens (including phenoxy) is 2. The van der Waals surface area contributed by atoms with Gasteiger partial charge in [0.1, 0.15) is 17.5 Å². The standard InChI is InChI=1S/C35H28F3N3O4/c1-44-26-17-18-27-28(21-26)31(25-15-9-4-10-16-25)29(22-39)41(33(27)42)20-19-40-32(45-34(43)35(36,37)38)30(23-11-5-2-6-12-23)24-13-7-3-8-14-24/h2-18,21,30,32,40H,19-20H2,1H3. The molecule has 45 heavy (non-hydrogen) atoms. The zero-order valence-electron chi connectivity index (χ0n) is 24.1. The van der Waals surface area contributed by atoms with Crippen LogP contribution in [0.5, 0.6) is 5.75 Å². The van der Waals surface area contributed by atoms with Crippen molar-refractivity contribution in [2.24, 2.45) is 0 Å². The third kappa shape index (κ3) is 6.74.